The summed E-state index contributed by atoms with van der Waals surface area (Å²) < 4.78 is 5.43. The maximum Gasteiger partial charge on any atom is 0.251 e. The normalized spacial score (nSPS) is 23.7. The zero-order valence-corrected chi connectivity index (χ0v) is 11.3. The van der Waals surface area contributed by atoms with Gasteiger partial charge in [0, 0.05) is 18.1 Å². The first-order valence-electron chi connectivity index (χ1n) is 6.18. The van der Waals surface area contributed by atoms with Crippen LogP contribution < -0.4 is 5.32 Å². The number of carbonyl (C=O) groups is 1. The predicted molar refractivity (Wildman–Crippen MR) is 71.9 cm³/mol. The van der Waals surface area contributed by atoms with Crippen molar-refractivity contribution in [3.8, 4) is 0 Å². The lowest BCUT2D eigenvalue weighted by Crippen LogP contribution is -2.51. The summed E-state index contributed by atoms with van der Waals surface area (Å²) in [5.41, 5.74) is 1.43. The number of halogens is 1. The summed E-state index contributed by atoms with van der Waals surface area (Å²) in [5.74, 6) is 0.414. The van der Waals surface area contributed by atoms with Gasteiger partial charge in [0.25, 0.3) is 5.91 Å². The molecule has 0 bridgehead atoms. The number of carbonyl (C=O) groups excluding carboxylic acids is 1. The third-order valence-corrected chi connectivity index (χ3v) is 3.53. The van der Waals surface area contributed by atoms with Crippen molar-refractivity contribution >= 4 is 17.5 Å². The first kappa shape index (κ1) is 13.4. The maximum atomic E-state index is 12.1. The number of hydrogen-bond donors (Lipinski definition) is 1. The predicted octanol–water partition coefficient (Wildman–Crippen LogP) is 2.72. The lowest BCUT2D eigenvalue weighted by atomic mass is 9.94. The second-order valence-electron chi connectivity index (χ2n) is 5.00. The second-order valence-corrected chi connectivity index (χ2v) is 5.27. The average molecular weight is 268 g/mol. The van der Waals surface area contributed by atoms with Crippen LogP contribution >= 0.6 is 11.6 Å². The molecular weight excluding hydrogens is 250 g/mol. The molecule has 1 atom stereocenters. The molecule has 18 heavy (non-hydrogen) atoms. The molecule has 0 aromatic heterocycles. The first-order valence-corrected chi connectivity index (χ1v) is 6.72. The number of alkyl halides is 1. The molecule has 1 amide bonds. The summed E-state index contributed by atoms with van der Waals surface area (Å²) in [4.78, 5) is 12.1. The van der Waals surface area contributed by atoms with Crippen LogP contribution in [0.3, 0.4) is 0 Å². The van der Waals surface area contributed by atoms with Crippen molar-refractivity contribution in [2.75, 3.05) is 13.2 Å². The van der Waals surface area contributed by atoms with Crippen molar-refractivity contribution < 1.29 is 9.53 Å². The van der Waals surface area contributed by atoms with Gasteiger partial charge in [-0.2, -0.15) is 0 Å². The van der Waals surface area contributed by atoms with Crippen LogP contribution in [-0.2, 0) is 10.6 Å². The van der Waals surface area contributed by atoms with Crippen LogP contribution in [0.1, 0.15) is 35.7 Å². The van der Waals surface area contributed by atoms with Crippen molar-refractivity contribution in [3.05, 3.63) is 35.4 Å². The van der Waals surface area contributed by atoms with Crippen LogP contribution in [0, 0.1) is 0 Å². The van der Waals surface area contributed by atoms with Crippen LogP contribution in [0.2, 0.25) is 0 Å². The highest BCUT2D eigenvalue weighted by Crippen LogP contribution is 2.19. The van der Waals surface area contributed by atoms with E-state index in [9.17, 15) is 4.79 Å². The Morgan fingerprint density at radius 2 is 2.17 bits per heavy atom. The molecule has 1 fully saturated rings. The zero-order chi connectivity index (χ0) is 13.0. The highest BCUT2D eigenvalue weighted by molar-refractivity contribution is 6.17. The molecule has 0 saturated carbocycles. The quantitative estimate of drug-likeness (QED) is 0.855. The lowest BCUT2D eigenvalue weighted by molar-refractivity contribution is 0.0272. The van der Waals surface area contributed by atoms with E-state index < -0.39 is 0 Å². The van der Waals surface area contributed by atoms with E-state index in [0.29, 0.717) is 18.1 Å². The van der Waals surface area contributed by atoms with Crippen LogP contribution in [0.5, 0.6) is 0 Å². The fourth-order valence-electron chi connectivity index (χ4n) is 2.12. The summed E-state index contributed by atoms with van der Waals surface area (Å²) >= 11 is 5.72. The molecule has 3 nitrogen and oxygen atoms in total. The van der Waals surface area contributed by atoms with E-state index in [4.69, 9.17) is 16.3 Å². The summed E-state index contributed by atoms with van der Waals surface area (Å²) in [6.45, 7) is 3.39. The van der Waals surface area contributed by atoms with Crippen LogP contribution in [0.15, 0.2) is 24.3 Å². The van der Waals surface area contributed by atoms with Crippen LogP contribution in [-0.4, -0.2) is 24.7 Å². The Morgan fingerprint density at radius 1 is 1.44 bits per heavy atom. The molecule has 1 aliphatic heterocycles. The van der Waals surface area contributed by atoms with Crippen molar-refractivity contribution in [1.29, 1.82) is 0 Å². The summed E-state index contributed by atoms with van der Waals surface area (Å²) in [6, 6.07) is 7.36. The Kier molecular flexibility index (Phi) is 4.25. The van der Waals surface area contributed by atoms with Gasteiger partial charge >= 0.3 is 0 Å². The van der Waals surface area contributed by atoms with Gasteiger partial charge in [0.2, 0.25) is 0 Å². The summed E-state index contributed by atoms with van der Waals surface area (Å²) in [7, 11) is 0. The fraction of sp³-hybridized carbons (Fsp3) is 0.500. The third-order valence-electron chi connectivity index (χ3n) is 3.22. The smallest absolute Gasteiger partial charge is 0.251 e. The van der Waals surface area contributed by atoms with Gasteiger partial charge in [-0.25, -0.2) is 0 Å². The van der Waals surface area contributed by atoms with Gasteiger partial charge < -0.3 is 10.1 Å². The molecule has 1 aromatic rings. The molecule has 0 aliphatic carbocycles. The van der Waals surface area contributed by atoms with Gasteiger partial charge in [-0.15, -0.1) is 11.6 Å². The van der Waals surface area contributed by atoms with Crippen molar-refractivity contribution in [2.45, 2.75) is 31.2 Å². The molecule has 0 radical (unpaired) electrons. The van der Waals surface area contributed by atoms with Crippen molar-refractivity contribution in [2.24, 2.45) is 0 Å². The number of ether oxygens (including phenoxy) is 1. The van der Waals surface area contributed by atoms with Gasteiger partial charge in [-0.05, 0) is 37.5 Å². The van der Waals surface area contributed by atoms with Gasteiger partial charge in [0.15, 0.2) is 0 Å². The Balaban J connectivity index is 2.02. The lowest BCUT2D eigenvalue weighted by Gasteiger charge is -2.34. The molecule has 4 heteroatoms. The molecule has 1 saturated heterocycles. The summed E-state index contributed by atoms with van der Waals surface area (Å²) in [6.07, 6.45) is 1.94. The van der Waals surface area contributed by atoms with E-state index in [1.54, 1.807) is 12.1 Å². The number of nitrogens with one attached hydrogen (secondary N) is 1. The Morgan fingerprint density at radius 3 is 2.72 bits per heavy atom. The SMILES string of the molecule is CC1(NC(=O)c2ccc(CCl)cc2)CCCOC1. The molecule has 0 spiro atoms. The number of amides is 1. The minimum Gasteiger partial charge on any atom is -0.379 e. The minimum absolute atomic E-state index is 0.0517. The van der Waals surface area contributed by atoms with Gasteiger partial charge in [0.05, 0.1) is 12.1 Å². The third kappa shape index (κ3) is 3.24. The topological polar surface area (TPSA) is 38.3 Å². The van der Waals surface area contributed by atoms with Crippen molar-refractivity contribution in [3.63, 3.8) is 0 Å². The fourth-order valence-corrected chi connectivity index (χ4v) is 2.30. The highest BCUT2D eigenvalue weighted by Gasteiger charge is 2.29. The van der Waals surface area contributed by atoms with Crippen molar-refractivity contribution in [1.82, 2.24) is 5.32 Å². The molecule has 98 valence electrons. The monoisotopic (exact) mass is 267 g/mol. The molecule has 1 heterocycles. The Bertz CT molecular complexity index is 410. The molecule has 1 aliphatic rings. The zero-order valence-electron chi connectivity index (χ0n) is 10.5. The molecule has 1 N–H and O–H groups in total. The van der Waals surface area contributed by atoms with E-state index in [-0.39, 0.29) is 11.4 Å². The Hall–Kier alpha value is -1.06. The van der Waals surface area contributed by atoms with E-state index in [1.807, 2.05) is 19.1 Å². The van der Waals surface area contributed by atoms with E-state index in [2.05, 4.69) is 5.32 Å². The standard InChI is InChI=1S/C14H18ClNO2/c1-14(7-2-8-18-10-14)16-13(17)12-5-3-11(9-15)4-6-12/h3-6H,2,7-10H2,1H3,(H,16,17). The second kappa shape index (κ2) is 5.72. The number of benzene rings is 1. The highest BCUT2D eigenvalue weighted by atomic mass is 35.5. The van der Waals surface area contributed by atoms with Gasteiger partial charge in [-0.1, -0.05) is 12.1 Å². The number of rotatable bonds is 3. The molecule has 2 rings (SSSR count). The molecule has 1 aromatic carbocycles. The van der Waals surface area contributed by atoms with E-state index >= 15 is 0 Å². The Labute approximate surface area is 112 Å². The minimum atomic E-state index is -0.250. The van der Waals surface area contributed by atoms with Crippen LogP contribution in [0.4, 0.5) is 0 Å². The molecular formula is C14H18ClNO2. The van der Waals surface area contributed by atoms with Gasteiger partial charge in [-0.3, -0.25) is 4.79 Å². The maximum absolute atomic E-state index is 12.1. The van der Waals surface area contributed by atoms with E-state index in [1.165, 1.54) is 0 Å². The largest absolute Gasteiger partial charge is 0.379 e. The molecule has 1 unspecified atom stereocenters. The summed E-state index contributed by atoms with van der Waals surface area (Å²) in [5, 5.41) is 3.05. The number of hydrogen-bond acceptors (Lipinski definition) is 2. The van der Waals surface area contributed by atoms with E-state index in [0.717, 1.165) is 25.0 Å². The average Bonchev–Trinajstić information content (AvgIpc) is 2.39. The van der Waals surface area contributed by atoms with Gasteiger partial charge in [0.1, 0.15) is 0 Å². The first-order chi connectivity index (χ1) is 8.63. The van der Waals surface area contributed by atoms with Crippen LogP contribution in [0.25, 0.3) is 0 Å².